The molecule has 0 bridgehead atoms. The number of aromatic nitrogens is 1. The maximum Gasteiger partial charge on any atom is 0.315 e. The largest absolute Gasteiger partial charge is 0.475 e. The number of urea groups is 1. The van der Waals surface area contributed by atoms with Crippen molar-refractivity contribution in [1.29, 1.82) is 0 Å². The Hall–Kier alpha value is -3.17. The summed E-state index contributed by atoms with van der Waals surface area (Å²) in [7, 11) is 1.61. The lowest BCUT2D eigenvalue weighted by atomic mass is 10.1. The van der Waals surface area contributed by atoms with E-state index in [1.54, 1.807) is 31.5 Å². The molecule has 2 N–H and O–H groups in total. The first-order valence-electron chi connectivity index (χ1n) is 11.1. The van der Waals surface area contributed by atoms with Crippen LogP contribution >= 0.6 is 0 Å². The molecular weight excluding hydrogens is 424 g/mol. The number of carbonyl (C=O) groups is 2. The van der Waals surface area contributed by atoms with Crippen LogP contribution in [0.4, 0.5) is 4.79 Å². The van der Waals surface area contributed by atoms with Crippen molar-refractivity contribution < 1.29 is 23.8 Å². The Morgan fingerprint density at radius 1 is 1.00 bits per heavy atom. The molecule has 1 aliphatic heterocycles. The van der Waals surface area contributed by atoms with Crippen molar-refractivity contribution in [2.45, 2.75) is 39.1 Å². The van der Waals surface area contributed by atoms with Gasteiger partial charge in [-0.1, -0.05) is 18.2 Å². The van der Waals surface area contributed by atoms with Gasteiger partial charge in [0.15, 0.2) is 0 Å². The Labute approximate surface area is 194 Å². The van der Waals surface area contributed by atoms with Crippen LogP contribution < -0.4 is 15.4 Å². The molecule has 1 aliphatic rings. The summed E-state index contributed by atoms with van der Waals surface area (Å²) in [6.07, 6.45) is 1.72. The van der Waals surface area contributed by atoms with Crippen LogP contribution in [0.2, 0.25) is 0 Å². The molecule has 1 aromatic carbocycles. The first-order valence-corrected chi connectivity index (χ1v) is 11.1. The smallest absolute Gasteiger partial charge is 0.315 e. The van der Waals surface area contributed by atoms with Crippen LogP contribution in [0.1, 0.15) is 35.3 Å². The highest BCUT2D eigenvalue weighted by atomic mass is 16.5. The van der Waals surface area contributed by atoms with Gasteiger partial charge in [-0.25, -0.2) is 9.78 Å². The van der Waals surface area contributed by atoms with Gasteiger partial charge in [-0.3, -0.25) is 4.79 Å². The summed E-state index contributed by atoms with van der Waals surface area (Å²) >= 11 is 0. The summed E-state index contributed by atoms with van der Waals surface area (Å²) in [5.74, 6) is 0.512. The third-order valence-electron chi connectivity index (χ3n) is 5.15. The number of morpholine rings is 1. The lowest BCUT2D eigenvalue weighted by molar-refractivity contribution is -0.0586. The van der Waals surface area contributed by atoms with Gasteiger partial charge in [0, 0.05) is 51.1 Å². The van der Waals surface area contributed by atoms with E-state index in [2.05, 4.69) is 15.6 Å². The second-order valence-electron chi connectivity index (χ2n) is 8.05. The summed E-state index contributed by atoms with van der Waals surface area (Å²) in [4.78, 5) is 30.9. The molecule has 0 spiro atoms. The average molecular weight is 457 g/mol. The van der Waals surface area contributed by atoms with Gasteiger partial charge in [0.1, 0.15) is 6.61 Å². The summed E-state index contributed by atoms with van der Waals surface area (Å²) in [5, 5.41) is 5.62. The fourth-order valence-electron chi connectivity index (χ4n) is 3.55. The lowest BCUT2D eigenvalue weighted by Gasteiger charge is -2.35. The molecular formula is C24H32N4O5. The number of benzene rings is 1. The molecule has 0 aliphatic carbocycles. The zero-order valence-corrected chi connectivity index (χ0v) is 19.4. The standard InChI is InChI=1S/C24H32N4O5/c1-17-15-28(16-18(2)33-17)23(29)21-7-4-19(5-8-21)12-26-24(30)27-14-20-6-9-22(25-13-20)32-11-10-31-3/h4-9,13,17-18H,10-12,14-16H2,1-3H3,(H2,26,27,30). The predicted molar refractivity (Wildman–Crippen MR) is 123 cm³/mol. The van der Waals surface area contributed by atoms with E-state index < -0.39 is 0 Å². The number of rotatable bonds is 9. The number of ether oxygens (including phenoxy) is 3. The molecule has 0 radical (unpaired) electrons. The molecule has 33 heavy (non-hydrogen) atoms. The van der Waals surface area contributed by atoms with Crippen LogP contribution in [0.25, 0.3) is 0 Å². The van der Waals surface area contributed by atoms with E-state index in [1.807, 2.05) is 36.9 Å². The van der Waals surface area contributed by atoms with Crippen molar-refractivity contribution in [2.24, 2.45) is 0 Å². The molecule has 1 saturated heterocycles. The van der Waals surface area contributed by atoms with E-state index in [1.165, 1.54) is 0 Å². The van der Waals surface area contributed by atoms with E-state index in [0.717, 1.165) is 11.1 Å². The first kappa shape index (κ1) is 24.5. The lowest BCUT2D eigenvalue weighted by Crippen LogP contribution is -2.48. The summed E-state index contributed by atoms with van der Waals surface area (Å²) in [5.41, 5.74) is 2.40. The molecule has 2 atom stereocenters. The van der Waals surface area contributed by atoms with E-state index in [4.69, 9.17) is 14.2 Å². The second kappa shape index (κ2) is 12.2. The SMILES string of the molecule is COCCOc1ccc(CNC(=O)NCc2ccc(C(=O)N3CC(C)OC(C)C3)cc2)cn1. The summed E-state index contributed by atoms with van der Waals surface area (Å²) in [6.45, 7) is 6.76. The molecule has 3 rings (SSSR count). The van der Waals surface area contributed by atoms with Gasteiger partial charge < -0.3 is 29.7 Å². The van der Waals surface area contributed by atoms with Gasteiger partial charge in [0.05, 0.1) is 18.8 Å². The maximum absolute atomic E-state index is 12.7. The highest BCUT2D eigenvalue weighted by Crippen LogP contribution is 2.15. The molecule has 0 saturated carbocycles. The minimum absolute atomic E-state index is 0.00187. The molecule has 2 aromatic rings. The fraction of sp³-hybridized carbons (Fsp3) is 0.458. The number of pyridine rings is 1. The van der Waals surface area contributed by atoms with E-state index in [9.17, 15) is 9.59 Å². The minimum Gasteiger partial charge on any atom is -0.475 e. The number of methoxy groups -OCH3 is 1. The van der Waals surface area contributed by atoms with Crippen molar-refractivity contribution in [3.8, 4) is 5.88 Å². The number of nitrogens with one attached hydrogen (secondary N) is 2. The number of hydrogen-bond acceptors (Lipinski definition) is 6. The Bertz CT molecular complexity index is 894. The quantitative estimate of drug-likeness (QED) is 0.562. The molecule has 2 unspecified atom stereocenters. The van der Waals surface area contributed by atoms with E-state index in [0.29, 0.717) is 50.8 Å². The van der Waals surface area contributed by atoms with Crippen molar-refractivity contribution in [3.63, 3.8) is 0 Å². The number of nitrogens with zero attached hydrogens (tertiary/aromatic N) is 2. The zero-order valence-electron chi connectivity index (χ0n) is 19.4. The first-order chi connectivity index (χ1) is 15.9. The number of amides is 3. The molecule has 9 nitrogen and oxygen atoms in total. The fourth-order valence-corrected chi connectivity index (χ4v) is 3.55. The van der Waals surface area contributed by atoms with Crippen LogP contribution in [-0.4, -0.2) is 67.4 Å². The van der Waals surface area contributed by atoms with Gasteiger partial charge in [-0.05, 0) is 37.1 Å². The predicted octanol–water partition coefficient (Wildman–Crippen LogP) is 2.36. The summed E-state index contributed by atoms with van der Waals surface area (Å²) in [6, 6.07) is 10.6. The van der Waals surface area contributed by atoms with Crippen molar-refractivity contribution >= 4 is 11.9 Å². The van der Waals surface area contributed by atoms with Crippen molar-refractivity contribution in [3.05, 3.63) is 59.3 Å². The third kappa shape index (κ3) is 7.73. The van der Waals surface area contributed by atoms with Crippen molar-refractivity contribution in [1.82, 2.24) is 20.5 Å². The van der Waals surface area contributed by atoms with Gasteiger partial charge in [-0.15, -0.1) is 0 Å². The number of hydrogen-bond donors (Lipinski definition) is 2. The van der Waals surface area contributed by atoms with Gasteiger partial charge in [0.25, 0.3) is 5.91 Å². The Morgan fingerprint density at radius 2 is 1.64 bits per heavy atom. The zero-order chi connectivity index (χ0) is 23.6. The Morgan fingerprint density at radius 3 is 2.24 bits per heavy atom. The average Bonchev–Trinajstić information content (AvgIpc) is 2.81. The van der Waals surface area contributed by atoms with Gasteiger partial charge in [0.2, 0.25) is 5.88 Å². The molecule has 3 amide bonds. The number of carbonyl (C=O) groups excluding carboxylic acids is 2. The molecule has 1 fully saturated rings. The van der Waals surface area contributed by atoms with Crippen LogP contribution in [0.5, 0.6) is 5.88 Å². The highest BCUT2D eigenvalue weighted by Gasteiger charge is 2.26. The molecule has 1 aromatic heterocycles. The molecule has 9 heteroatoms. The van der Waals surface area contributed by atoms with E-state index in [-0.39, 0.29) is 24.1 Å². The topological polar surface area (TPSA) is 102 Å². The van der Waals surface area contributed by atoms with Crippen LogP contribution in [0.15, 0.2) is 42.6 Å². The Kier molecular flexibility index (Phi) is 9.03. The van der Waals surface area contributed by atoms with Crippen molar-refractivity contribution in [2.75, 3.05) is 33.4 Å². The minimum atomic E-state index is -0.285. The maximum atomic E-state index is 12.7. The van der Waals surface area contributed by atoms with E-state index >= 15 is 0 Å². The van der Waals surface area contributed by atoms with Crippen LogP contribution in [-0.2, 0) is 22.6 Å². The summed E-state index contributed by atoms with van der Waals surface area (Å²) < 4.78 is 16.0. The Balaban J connectivity index is 1.41. The highest BCUT2D eigenvalue weighted by molar-refractivity contribution is 5.94. The molecule has 178 valence electrons. The van der Waals surface area contributed by atoms with Crippen LogP contribution in [0, 0.1) is 0 Å². The third-order valence-corrected chi connectivity index (χ3v) is 5.15. The van der Waals surface area contributed by atoms with Gasteiger partial charge >= 0.3 is 6.03 Å². The molecule has 2 heterocycles. The van der Waals surface area contributed by atoms with Gasteiger partial charge in [-0.2, -0.15) is 0 Å². The normalized spacial score (nSPS) is 18.0. The second-order valence-corrected chi connectivity index (χ2v) is 8.05. The monoisotopic (exact) mass is 456 g/mol. The van der Waals surface area contributed by atoms with Crippen LogP contribution in [0.3, 0.4) is 0 Å².